The van der Waals surface area contributed by atoms with Crippen molar-refractivity contribution in [2.24, 2.45) is 0 Å². The van der Waals surface area contributed by atoms with E-state index in [1.54, 1.807) is 7.11 Å². The standard InChI is InChI=1S/C18H25NO2/c1-14(2)19-11-13-21-12-10-15-8-9-18(20-3)17-7-5-4-6-16(15)17/h4-9,14,19H,10-13H2,1-3H3. The van der Waals surface area contributed by atoms with E-state index in [4.69, 9.17) is 9.47 Å². The zero-order chi connectivity index (χ0) is 15.1. The highest BCUT2D eigenvalue weighted by Crippen LogP contribution is 2.28. The van der Waals surface area contributed by atoms with Crippen LogP contribution in [0, 0.1) is 0 Å². The van der Waals surface area contributed by atoms with Crippen LogP contribution in [0.25, 0.3) is 10.8 Å². The fourth-order valence-corrected chi connectivity index (χ4v) is 2.43. The Morgan fingerprint density at radius 3 is 2.48 bits per heavy atom. The van der Waals surface area contributed by atoms with Crippen molar-refractivity contribution in [1.29, 1.82) is 0 Å². The van der Waals surface area contributed by atoms with E-state index in [0.29, 0.717) is 6.04 Å². The molecular formula is C18H25NO2. The van der Waals surface area contributed by atoms with Gasteiger partial charge < -0.3 is 14.8 Å². The van der Waals surface area contributed by atoms with Crippen molar-refractivity contribution >= 4 is 10.8 Å². The number of methoxy groups -OCH3 is 1. The Hall–Kier alpha value is -1.58. The highest BCUT2D eigenvalue weighted by Gasteiger charge is 2.05. The first kappa shape index (κ1) is 15.8. The van der Waals surface area contributed by atoms with Crippen LogP contribution in [0.2, 0.25) is 0 Å². The molecule has 0 aromatic heterocycles. The summed E-state index contributed by atoms with van der Waals surface area (Å²) in [5.74, 6) is 0.927. The first-order chi connectivity index (χ1) is 10.2. The van der Waals surface area contributed by atoms with Gasteiger partial charge in [0.05, 0.1) is 20.3 Å². The molecule has 1 N–H and O–H groups in total. The molecule has 0 amide bonds. The van der Waals surface area contributed by atoms with Crippen LogP contribution in [-0.4, -0.2) is 32.9 Å². The minimum absolute atomic E-state index is 0.513. The SMILES string of the molecule is COc1ccc(CCOCCNC(C)C)c2ccccc12. The summed E-state index contributed by atoms with van der Waals surface area (Å²) in [7, 11) is 1.71. The highest BCUT2D eigenvalue weighted by molar-refractivity contribution is 5.91. The summed E-state index contributed by atoms with van der Waals surface area (Å²) in [5.41, 5.74) is 1.31. The molecule has 0 aliphatic carbocycles. The lowest BCUT2D eigenvalue weighted by Gasteiger charge is -2.11. The summed E-state index contributed by atoms with van der Waals surface area (Å²) in [5, 5.41) is 5.76. The third-order valence-electron chi connectivity index (χ3n) is 3.51. The van der Waals surface area contributed by atoms with E-state index in [0.717, 1.165) is 31.9 Å². The molecule has 0 fully saturated rings. The monoisotopic (exact) mass is 287 g/mol. The fourth-order valence-electron chi connectivity index (χ4n) is 2.43. The first-order valence-electron chi connectivity index (χ1n) is 7.58. The molecule has 2 aromatic rings. The molecule has 0 saturated heterocycles. The number of ether oxygens (including phenoxy) is 2. The molecule has 2 aromatic carbocycles. The Morgan fingerprint density at radius 1 is 1.00 bits per heavy atom. The summed E-state index contributed by atoms with van der Waals surface area (Å²) in [6, 6.07) is 13.0. The van der Waals surface area contributed by atoms with Gasteiger partial charge in [0.25, 0.3) is 0 Å². The normalized spacial score (nSPS) is 11.2. The number of rotatable bonds is 8. The Labute approximate surface area is 127 Å². The molecule has 3 heteroatoms. The van der Waals surface area contributed by atoms with Crippen LogP contribution in [0.5, 0.6) is 5.75 Å². The lowest BCUT2D eigenvalue weighted by molar-refractivity contribution is 0.137. The average Bonchev–Trinajstić information content (AvgIpc) is 2.50. The van der Waals surface area contributed by atoms with Crippen LogP contribution in [0.1, 0.15) is 19.4 Å². The Balaban J connectivity index is 1.93. The zero-order valence-electron chi connectivity index (χ0n) is 13.2. The highest BCUT2D eigenvalue weighted by atomic mass is 16.5. The number of benzene rings is 2. The van der Waals surface area contributed by atoms with Gasteiger partial charge in [-0.3, -0.25) is 0 Å². The largest absolute Gasteiger partial charge is 0.496 e. The second-order valence-corrected chi connectivity index (χ2v) is 5.44. The Bertz CT molecular complexity index is 566. The van der Waals surface area contributed by atoms with Crippen LogP contribution in [0.15, 0.2) is 36.4 Å². The van der Waals surface area contributed by atoms with Crippen molar-refractivity contribution in [3.8, 4) is 5.75 Å². The molecule has 0 radical (unpaired) electrons. The Kier molecular flexibility index (Phi) is 6.03. The summed E-state index contributed by atoms with van der Waals surface area (Å²) < 4.78 is 11.1. The zero-order valence-corrected chi connectivity index (χ0v) is 13.2. The minimum Gasteiger partial charge on any atom is -0.496 e. The van der Waals surface area contributed by atoms with Gasteiger partial charge in [0.1, 0.15) is 5.75 Å². The molecule has 0 unspecified atom stereocenters. The van der Waals surface area contributed by atoms with Crippen molar-refractivity contribution in [3.63, 3.8) is 0 Å². The molecule has 0 saturated carbocycles. The van der Waals surface area contributed by atoms with Crippen molar-refractivity contribution in [2.75, 3.05) is 26.9 Å². The predicted octanol–water partition coefficient (Wildman–Crippen LogP) is 3.41. The van der Waals surface area contributed by atoms with Gasteiger partial charge in [-0.15, -0.1) is 0 Å². The van der Waals surface area contributed by atoms with Crippen molar-refractivity contribution in [1.82, 2.24) is 5.32 Å². The van der Waals surface area contributed by atoms with Gasteiger partial charge in [-0.05, 0) is 23.4 Å². The van der Waals surface area contributed by atoms with Gasteiger partial charge in [0.2, 0.25) is 0 Å². The van der Waals surface area contributed by atoms with E-state index < -0.39 is 0 Å². The van der Waals surface area contributed by atoms with Crippen molar-refractivity contribution < 1.29 is 9.47 Å². The number of nitrogens with one attached hydrogen (secondary N) is 1. The van der Waals surface area contributed by atoms with Crippen LogP contribution < -0.4 is 10.1 Å². The van der Waals surface area contributed by atoms with Crippen LogP contribution in [0.4, 0.5) is 0 Å². The van der Waals surface area contributed by atoms with Gasteiger partial charge >= 0.3 is 0 Å². The number of hydrogen-bond donors (Lipinski definition) is 1. The van der Waals surface area contributed by atoms with E-state index in [9.17, 15) is 0 Å². The third kappa shape index (κ3) is 4.45. The maximum Gasteiger partial charge on any atom is 0.126 e. The van der Waals surface area contributed by atoms with E-state index in [2.05, 4.69) is 43.4 Å². The lowest BCUT2D eigenvalue weighted by atomic mass is 10.0. The quantitative estimate of drug-likeness (QED) is 0.755. The van der Waals surface area contributed by atoms with E-state index in [-0.39, 0.29) is 0 Å². The average molecular weight is 287 g/mol. The Morgan fingerprint density at radius 2 is 1.76 bits per heavy atom. The van der Waals surface area contributed by atoms with Crippen molar-refractivity contribution in [2.45, 2.75) is 26.3 Å². The van der Waals surface area contributed by atoms with Gasteiger partial charge in [-0.2, -0.15) is 0 Å². The molecule has 114 valence electrons. The topological polar surface area (TPSA) is 30.5 Å². The van der Waals surface area contributed by atoms with Crippen LogP contribution >= 0.6 is 0 Å². The molecule has 21 heavy (non-hydrogen) atoms. The molecule has 3 nitrogen and oxygen atoms in total. The molecule has 0 aliphatic rings. The first-order valence-corrected chi connectivity index (χ1v) is 7.58. The summed E-state index contributed by atoms with van der Waals surface area (Å²) in [4.78, 5) is 0. The van der Waals surface area contributed by atoms with Gasteiger partial charge in [0.15, 0.2) is 0 Å². The second-order valence-electron chi connectivity index (χ2n) is 5.44. The smallest absolute Gasteiger partial charge is 0.126 e. The van der Waals surface area contributed by atoms with Gasteiger partial charge in [-0.25, -0.2) is 0 Å². The fraction of sp³-hybridized carbons (Fsp3) is 0.444. The van der Waals surface area contributed by atoms with Gasteiger partial charge in [-0.1, -0.05) is 44.2 Å². The molecule has 0 bridgehead atoms. The molecule has 0 spiro atoms. The molecule has 2 rings (SSSR count). The summed E-state index contributed by atoms with van der Waals surface area (Å²) in [6.45, 7) is 6.69. The molecule has 0 heterocycles. The molecular weight excluding hydrogens is 262 g/mol. The summed E-state index contributed by atoms with van der Waals surface area (Å²) >= 11 is 0. The number of fused-ring (bicyclic) bond motifs is 1. The maximum absolute atomic E-state index is 5.70. The molecule has 0 aliphatic heterocycles. The predicted molar refractivity (Wildman–Crippen MR) is 88.2 cm³/mol. The maximum atomic E-state index is 5.70. The number of hydrogen-bond acceptors (Lipinski definition) is 3. The third-order valence-corrected chi connectivity index (χ3v) is 3.51. The van der Waals surface area contributed by atoms with Crippen LogP contribution in [0.3, 0.4) is 0 Å². The lowest BCUT2D eigenvalue weighted by Crippen LogP contribution is -2.26. The second kappa shape index (κ2) is 8.01. The summed E-state index contributed by atoms with van der Waals surface area (Å²) in [6.07, 6.45) is 0.923. The van der Waals surface area contributed by atoms with Crippen molar-refractivity contribution in [3.05, 3.63) is 42.0 Å². The van der Waals surface area contributed by atoms with E-state index >= 15 is 0 Å². The van der Waals surface area contributed by atoms with Crippen LogP contribution in [-0.2, 0) is 11.2 Å². The molecule has 0 atom stereocenters. The van der Waals surface area contributed by atoms with Gasteiger partial charge in [0, 0.05) is 18.0 Å². The minimum atomic E-state index is 0.513. The van der Waals surface area contributed by atoms with E-state index in [1.807, 2.05) is 12.1 Å². The van der Waals surface area contributed by atoms with E-state index in [1.165, 1.54) is 16.3 Å².